The third kappa shape index (κ3) is 11.8. The fourth-order valence-electron chi connectivity index (χ4n) is 2.34. The molecule has 0 aliphatic carbocycles. The van der Waals surface area contributed by atoms with Crippen LogP contribution in [0.5, 0.6) is 11.5 Å². The van der Waals surface area contributed by atoms with E-state index in [1.54, 1.807) is 4.72 Å². The average molecular weight is 608 g/mol. The summed E-state index contributed by atoms with van der Waals surface area (Å²) in [5, 5.41) is 20.7. The minimum absolute atomic E-state index is 0.189. The average Bonchev–Trinajstić information content (AvgIpc) is 2.72. The fourth-order valence-corrected chi connectivity index (χ4v) is 3.41. The van der Waals surface area contributed by atoms with Gasteiger partial charge in [-0.1, -0.05) is 11.6 Å². The van der Waals surface area contributed by atoms with E-state index < -0.39 is 75.3 Å². The number of hydrogen-bond acceptors (Lipinski definition) is 9. The van der Waals surface area contributed by atoms with Crippen molar-refractivity contribution in [1.29, 1.82) is 0 Å². The molecule has 20 heteroatoms. The number of aliphatic carboxylic acids is 1. The van der Waals surface area contributed by atoms with Crippen LogP contribution in [0.15, 0.2) is 36.4 Å². The number of hydrogen-bond donors (Lipinski definition) is 5. The summed E-state index contributed by atoms with van der Waals surface area (Å²) in [4.78, 5) is 48.3. The van der Waals surface area contributed by atoms with Gasteiger partial charge in [-0.05, 0) is 24.3 Å². The molecular weight excluding hydrogens is 590 g/mol. The zero-order valence-corrected chi connectivity index (χ0v) is 21.3. The number of nitro groups is 1. The fraction of sp³-hybridized carbons (Fsp3) is 0.222. The summed E-state index contributed by atoms with van der Waals surface area (Å²) >= 11 is 5.76. The van der Waals surface area contributed by atoms with E-state index in [1.165, 1.54) is 0 Å². The molecule has 2 aromatic carbocycles. The number of carboxylic acid groups (broad SMARTS) is 1. The molecule has 210 valence electrons. The predicted molar refractivity (Wildman–Crippen MR) is 124 cm³/mol. The molecule has 0 aliphatic rings. The Morgan fingerprint density at radius 3 is 2.24 bits per heavy atom. The van der Waals surface area contributed by atoms with E-state index in [0.29, 0.717) is 18.4 Å². The number of rotatable bonds is 9. The van der Waals surface area contributed by atoms with Gasteiger partial charge in [0.15, 0.2) is 0 Å². The third-order valence-corrected chi connectivity index (χ3v) is 5.26. The predicted octanol–water partition coefficient (Wildman–Crippen LogP) is 2.54. The lowest BCUT2D eigenvalue weighted by molar-refractivity contribution is -0.385. The number of nitrogens with zero attached hydrogens (tertiary/aromatic N) is 1. The second-order valence-corrected chi connectivity index (χ2v) is 10.8. The molecule has 0 aliphatic heterocycles. The second kappa shape index (κ2) is 13.0. The summed E-state index contributed by atoms with van der Waals surface area (Å²) in [7, 11) is -8.10. The van der Waals surface area contributed by atoms with Gasteiger partial charge in [0.1, 0.15) is 17.1 Å². The second-order valence-electron chi connectivity index (χ2n) is 7.03. The van der Waals surface area contributed by atoms with Crippen molar-refractivity contribution < 1.29 is 60.3 Å². The number of carbonyl (C=O) groups excluding carboxylic acids is 1. The van der Waals surface area contributed by atoms with Gasteiger partial charge in [-0.2, -0.15) is 13.2 Å². The van der Waals surface area contributed by atoms with Crippen molar-refractivity contribution in [3.8, 4) is 11.5 Å². The van der Waals surface area contributed by atoms with E-state index in [2.05, 4.69) is 5.32 Å². The molecule has 14 nitrogen and oxygen atoms in total. The van der Waals surface area contributed by atoms with Gasteiger partial charge in [-0.3, -0.25) is 29.6 Å². The number of nitro benzene ring substituents is 1. The number of carbonyl (C=O) groups is 2. The summed E-state index contributed by atoms with van der Waals surface area (Å²) in [6, 6.07) is 5.09. The lowest BCUT2D eigenvalue weighted by Crippen LogP contribution is -2.29. The molecule has 0 heterocycles. The van der Waals surface area contributed by atoms with E-state index in [-0.39, 0.29) is 11.5 Å². The van der Waals surface area contributed by atoms with Gasteiger partial charge in [0.05, 0.1) is 34.6 Å². The molecular formula is C18H18ClF3N3O11PS. The highest BCUT2D eigenvalue weighted by Crippen LogP contribution is 2.37. The van der Waals surface area contributed by atoms with Gasteiger partial charge in [0.25, 0.3) is 11.6 Å². The summed E-state index contributed by atoms with van der Waals surface area (Å²) in [5.74, 6) is -2.82. The molecule has 0 bridgehead atoms. The smallest absolute Gasteiger partial charge is 0.416 e. The molecule has 38 heavy (non-hydrogen) atoms. The van der Waals surface area contributed by atoms with Crippen LogP contribution in [0.3, 0.4) is 0 Å². The molecule has 0 saturated heterocycles. The number of carboxylic acids is 1. The minimum atomic E-state index is -4.62. The van der Waals surface area contributed by atoms with Crippen molar-refractivity contribution in [2.24, 2.45) is 0 Å². The first kappa shape index (κ1) is 32.7. The third-order valence-electron chi connectivity index (χ3n) is 3.77. The molecule has 5 N–H and O–H groups in total. The Hall–Kier alpha value is -3.28. The highest BCUT2D eigenvalue weighted by atomic mass is 35.5. The normalized spacial score (nSPS) is 11.7. The maximum atomic E-state index is 12.7. The quantitative estimate of drug-likeness (QED) is 0.158. The Morgan fingerprint density at radius 2 is 1.79 bits per heavy atom. The molecule has 0 atom stereocenters. The molecule has 1 amide bonds. The van der Waals surface area contributed by atoms with Crippen LogP contribution in [-0.2, 0) is 25.6 Å². The highest BCUT2D eigenvalue weighted by molar-refractivity contribution is 7.89. The van der Waals surface area contributed by atoms with Gasteiger partial charge in [0.2, 0.25) is 10.0 Å². The molecule has 0 radical (unpaired) electrons. The number of amides is 1. The van der Waals surface area contributed by atoms with Crippen LogP contribution >= 0.6 is 19.2 Å². The van der Waals surface area contributed by atoms with Crippen molar-refractivity contribution in [2.75, 3.05) is 19.1 Å². The summed E-state index contributed by atoms with van der Waals surface area (Å²) in [6.07, 6.45) is -4.54. The Balaban J connectivity index is 0.000000612. The first-order chi connectivity index (χ1) is 17.2. The molecule has 2 aromatic rings. The number of ether oxygens (including phenoxy) is 1. The van der Waals surface area contributed by atoms with Crippen LogP contribution < -0.4 is 14.8 Å². The maximum Gasteiger partial charge on any atom is 0.416 e. The minimum Gasteiger partial charge on any atom is -0.480 e. The van der Waals surface area contributed by atoms with E-state index in [9.17, 15) is 45.9 Å². The molecule has 0 fully saturated rings. The molecule has 0 spiro atoms. The molecule has 0 saturated carbocycles. The summed E-state index contributed by atoms with van der Waals surface area (Å²) < 4.78 is 77.3. The molecule has 2 rings (SSSR count). The van der Waals surface area contributed by atoms with Gasteiger partial charge < -0.3 is 19.6 Å². The van der Waals surface area contributed by atoms with Gasteiger partial charge >= 0.3 is 19.7 Å². The SMILES string of the molecule is CS(=O)(=O)NC(=O)c1cc(Oc2ccc(C(F)(F)F)cc2Cl)ccc1[N+](=O)[O-].O=C(O)CNCP(=O)(O)O. The summed E-state index contributed by atoms with van der Waals surface area (Å²) in [5.41, 5.74) is -2.34. The number of halogens is 4. The van der Waals surface area contributed by atoms with Crippen molar-refractivity contribution in [3.63, 3.8) is 0 Å². The van der Waals surface area contributed by atoms with Gasteiger partial charge in [-0.15, -0.1) is 0 Å². The standard InChI is InChI=1S/C15H10ClF3N2O6S.C3H8NO5P/c1-28(25,26)20-14(22)10-7-9(3-4-12(10)21(23)24)27-13-5-2-8(6-11(13)16)15(17,18)19;5-3(6)1-4-2-10(7,8)9/h2-7H,1H3,(H,20,22);4H,1-2H2,(H,5,6)(H2,7,8,9). The lowest BCUT2D eigenvalue weighted by atomic mass is 10.1. The number of nitrogens with one attached hydrogen (secondary N) is 2. The zero-order chi connectivity index (χ0) is 29.5. The first-order valence-electron chi connectivity index (χ1n) is 9.52. The molecule has 0 aromatic heterocycles. The maximum absolute atomic E-state index is 12.7. The van der Waals surface area contributed by atoms with Crippen molar-refractivity contribution in [2.45, 2.75) is 6.18 Å². The van der Waals surface area contributed by atoms with Crippen LogP contribution in [0.2, 0.25) is 5.02 Å². The largest absolute Gasteiger partial charge is 0.480 e. The van der Waals surface area contributed by atoms with Crippen LogP contribution in [0.4, 0.5) is 18.9 Å². The van der Waals surface area contributed by atoms with Crippen LogP contribution in [0.25, 0.3) is 0 Å². The number of sulfonamides is 1. The van der Waals surface area contributed by atoms with E-state index in [4.69, 9.17) is 31.2 Å². The first-order valence-corrected chi connectivity index (χ1v) is 13.6. The molecule has 0 unspecified atom stereocenters. The lowest BCUT2D eigenvalue weighted by Gasteiger charge is -2.12. The number of alkyl halides is 3. The highest BCUT2D eigenvalue weighted by Gasteiger charge is 2.31. The van der Waals surface area contributed by atoms with E-state index >= 15 is 0 Å². The van der Waals surface area contributed by atoms with Crippen LogP contribution in [0.1, 0.15) is 15.9 Å². The van der Waals surface area contributed by atoms with Gasteiger partial charge in [-0.25, -0.2) is 13.1 Å². The van der Waals surface area contributed by atoms with Crippen molar-refractivity contribution in [3.05, 3.63) is 62.7 Å². The van der Waals surface area contributed by atoms with Crippen LogP contribution in [-0.4, -0.2) is 59.2 Å². The Morgan fingerprint density at radius 1 is 1.18 bits per heavy atom. The van der Waals surface area contributed by atoms with Crippen molar-refractivity contribution >= 4 is 46.8 Å². The number of benzene rings is 2. The van der Waals surface area contributed by atoms with E-state index in [0.717, 1.165) is 24.3 Å². The summed E-state index contributed by atoms with van der Waals surface area (Å²) in [6.45, 7) is -0.439. The zero-order valence-electron chi connectivity index (χ0n) is 18.8. The Labute approximate surface area is 216 Å². The van der Waals surface area contributed by atoms with E-state index in [1.807, 2.05) is 0 Å². The monoisotopic (exact) mass is 607 g/mol. The Kier molecular flexibility index (Phi) is 11.2. The van der Waals surface area contributed by atoms with Crippen LogP contribution in [0, 0.1) is 10.1 Å². The topological polar surface area (TPSA) is 222 Å². The van der Waals surface area contributed by atoms with Gasteiger partial charge in [0, 0.05) is 12.1 Å². The Bertz CT molecular complexity index is 1370. The van der Waals surface area contributed by atoms with Crippen molar-refractivity contribution in [1.82, 2.24) is 10.0 Å².